The Kier molecular flexibility index (Phi) is 4.93. The Hall–Kier alpha value is -2.68. The van der Waals surface area contributed by atoms with Crippen molar-refractivity contribution in [3.8, 4) is 0 Å². The number of rotatable bonds is 5. The van der Waals surface area contributed by atoms with Crippen molar-refractivity contribution in [2.24, 2.45) is 0 Å². The summed E-state index contributed by atoms with van der Waals surface area (Å²) in [5, 5.41) is 12.2. The molecule has 8 heteroatoms. The van der Waals surface area contributed by atoms with Gasteiger partial charge in [0.2, 0.25) is 5.91 Å². The molecule has 4 rings (SSSR count). The van der Waals surface area contributed by atoms with E-state index in [9.17, 15) is 4.79 Å². The Bertz CT molecular complexity index is 956. The van der Waals surface area contributed by atoms with Crippen molar-refractivity contribution in [3.05, 3.63) is 47.7 Å². The third kappa shape index (κ3) is 3.87. The summed E-state index contributed by atoms with van der Waals surface area (Å²) in [6, 6.07) is 11.2. The highest BCUT2D eigenvalue weighted by Crippen LogP contribution is 2.31. The summed E-state index contributed by atoms with van der Waals surface area (Å²) in [4.78, 5) is 17.6. The summed E-state index contributed by atoms with van der Waals surface area (Å²) in [5.41, 5.74) is 9.22. The van der Waals surface area contributed by atoms with Crippen molar-refractivity contribution in [3.63, 3.8) is 0 Å². The molecule has 27 heavy (non-hydrogen) atoms. The number of H-pyrrole nitrogens is 1. The van der Waals surface area contributed by atoms with Gasteiger partial charge in [-0.15, -0.1) is 11.3 Å². The van der Waals surface area contributed by atoms with Crippen LogP contribution in [0.15, 0.2) is 36.4 Å². The Labute approximate surface area is 160 Å². The number of aromatic amines is 1. The smallest absolute Gasteiger partial charge is 0.239 e. The Balaban J connectivity index is 1.45. The van der Waals surface area contributed by atoms with Crippen LogP contribution in [0.3, 0.4) is 0 Å². The number of nitrogen functional groups attached to an aromatic ring is 1. The molecule has 0 unspecified atom stereocenters. The van der Waals surface area contributed by atoms with Gasteiger partial charge >= 0.3 is 0 Å². The Morgan fingerprint density at radius 1 is 1.30 bits per heavy atom. The van der Waals surface area contributed by atoms with E-state index in [2.05, 4.69) is 15.2 Å². The largest absolute Gasteiger partial charge is 0.398 e. The average molecular weight is 383 g/mol. The number of benzene rings is 1. The predicted molar refractivity (Wildman–Crippen MR) is 109 cm³/mol. The lowest BCUT2D eigenvalue weighted by Crippen LogP contribution is -2.41. The van der Waals surface area contributed by atoms with E-state index in [1.54, 1.807) is 6.07 Å². The van der Waals surface area contributed by atoms with Gasteiger partial charge in [0.25, 0.3) is 0 Å². The number of carbonyl (C=O) groups is 1. The Morgan fingerprint density at radius 3 is 2.81 bits per heavy atom. The van der Waals surface area contributed by atoms with E-state index in [0.717, 1.165) is 28.3 Å². The van der Waals surface area contributed by atoms with Crippen LogP contribution in [0.4, 0.5) is 10.7 Å². The summed E-state index contributed by atoms with van der Waals surface area (Å²) in [6.07, 6.45) is 0. The van der Waals surface area contributed by atoms with Gasteiger partial charge in [0, 0.05) is 24.3 Å². The van der Waals surface area contributed by atoms with E-state index >= 15 is 0 Å². The number of thiophene rings is 1. The fourth-order valence-electron chi connectivity index (χ4n) is 3.13. The molecule has 7 nitrogen and oxygen atoms in total. The van der Waals surface area contributed by atoms with Crippen molar-refractivity contribution in [1.29, 1.82) is 5.41 Å². The van der Waals surface area contributed by atoms with Crippen LogP contribution in [-0.2, 0) is 9.53 Å². The molecule has 0 atom stereocenters. The highest BCUT2D eigenvalue weighted by molar-refractivity contribution is 7.23. The van der Waals surface area contributed by atoms with E-state index < -0.39 is 0 Å². The van der Waals surface area contributed by atoms with Crippen molar-refractivity contribution >= 4 is 43.9 Å². The predicted octanol–water partition coefficient (Wildman–Crippen LogP) is 2.50. The van der Waals surface area contributed by atoms with Crippen LogP contribution in [-0.4, -0.2) is 54.4 Å². The molecule has 1 saturated heterocycles. The van der Waals surface area contributed by atoms with Gasteiger partial charge in [-0.05, 0) is 18.2 Å². The van der Waals surface area contributed by atoms with E-state index in [4.69, 9.17) is 15.9 Å². The van der Waals surface area contributed by atoms with Crippen LogP contribution >= 0.6 is 11.3 Å². The lowest BCUT2D eigenvalue weighted by Gasteiger charge is -2.25. The number of nitrogens with two attached hydrogens (primary N) is 1. The number of morpholine rings is 1. The number of anilines is 2. The van der Waals surface area contributed by atoms with Gasteiger partial charge in [-0.2, -0.15) is 0 Å². The molecule has 0 aliphatic carbocycles. The molecule has 0 spiro atoms. The van der Waals surface area contributed by atoms with Crippen LogP contribution in [0.1, 0.15) is 11.3 Å². The lowest BCUT2D eigenvalue weighted by molar-refractivity contribution is -0.118. The topological polar surface area (TPSA) is 107 Å². The number of nitrogens with one attached hydrogen (secondary N) is 3. The maximum absolute atomic E-state index is 12.2. The van der Waals surface area contributed by atoms with Gasteiger partial charge in [0.15, 0.2) is 0 Å². The van der Waals surface area contributed by atoms with Gasteiger partial charge in [0.05, 0.1) is 46.4 Å². The first kappa shape index (κ1) is 17.7. The normalized spacial score (nSPS) is 15.1. The SMILES string of the molecule is N=C(c1cc2sc(NC(=O)CN3CCOCC3)cc2[nH]1)c1ccccc1N. The minimum absolute atomic E-state index is 0.0224. The maximum atomic E-state index is 12.2. The summed E-state index contributed by atoms with van der Waals surface area (Å²) >= 11 is 1.49. The lowest BCUT2D eigenvalue weighted by atomic mass is 10.1. The molecule has 0 saturated carbocycles. The number of carbonyl (C=O) groups excluding carboxylic acids is 1. The molecule has 1 fully saturated rings. The molecule has 2 aromatic heterocycles. The molecule has 3 aromatic rings. The number of hydrogen-bond acceptors (Lipinski definition) is 6. The summed E-state index contributed by atoms with van der Waals surface area (Å²) in [6.45, 7) is 3.30. The zero-order chi connectivity index (χ0) is 18.8. The average Bonchev–Trinajstić information content (AvgIpc) is 3.21. The molecular weight excluding hydrogens is 362 g/mol. The fourth-order valence-corrected chi connectivity index (χ4v) is 4.10. The second-order valence-corrected chi connectivity index (χ2v) is 7.55. The van der Waals surface area contributed by atoms with Crippen molar-refractivity contribution in [1.82, 2.24) is 9.88 Å². The van der Waals surface area contributed by atoms with Crippen LogP contribution < -0.4 is 11.1 Å². The molecule has 0 radical (unpaired) electrons. The third-order valence-corrected chi connectivity index (χ3v) is 5.54. The van der Waals surface area contributed by atoms with Crippen LogP contribution in [0.5, 0.6) is 0 Å². The van der Waals surface area contributed by atoms with Crippen LogP contribution in [0.2, 0.25) is 0 Å². The number of nitrogens with zero attached hydrogens (tertiary/aromatic N) is 1. The van der Waals surface area contributed by atoms with E-state index in [-0.39, 0.29) is 5.91 Å². The number of amides is 1. The highest BCUT2D eigenvalue weighted by Gasteiger charge is 2.16. The molecule has 0 bridgehead atoms. The minimum atomic E-state index is -0.0224. The molecule has 1 amide bonds. The number of ether oxygens (including phenoxy) is 1. The van der Waals surface area contributed by atoms with Crippen molar-refractivity contribution in [2.75, 3.05) is 43.9 Å². The number of aromatic nitrogens is 1. The van der Waals surface area contributed by atoms with E-state index in [1.807, 2.05) is 30.3 Å². The standard InChI is InChI=1S/C19H21N5O2S/c20-13-4-2-1-3-12(13)19(21)15-9-16-14(22-15)10-18(27-16)23-17(25)11-24-5-7-26-8-6-24/h1-4,9-10,21-22H,5-8,11,20H2,(H,23,25). The van der Waals surface area contributed by atoms with E-state index in [0.29, 0.717) is 42.4 Å². The molecule has 140 valence electrons. The first-order chi connectivity index (χ1) is 13.1. The van der Waals surface area contributed by atoms with Crippen molar-refractivity contribution < 1.29 is 9.53 Å². The minimum Gasteiger partial charge on any atom is -0.398 e. The monoisotopic (exact) mass is 383 g/mol. The van der Waals surface area contributed by atoms with Crippen LogP contribution in [0, 0.1) is 5.41 Å². The summed E-state index contributed by atoms with van der Waals surface area (Å²) in [5.74, 6) is -0.0224. The molecular formula is C19H21N5O2S. The van der Waals surface area contributed by atoms with Gasteiger partial charge < -0.3 is 20.8 Å². The maximum Gasteiger partial charge on any atom is 0.239 e. The zero-order valence-electron chi connectivity index (χ0n) is 14.7. The molecule has 3 heterocycles. The molecule has 1 aromatic carbocycles. The van der Waals surface area contributed by atoms with Gasteiger partial charge in [-0.25, -0.2) is 0 Å². The second kappa shape index (κ2) is 7.51. The molecule has 5 N–H and O–H groups in total. The van der Waals surface area contributed by atoms with E-state index in [1.165, 1.54) is 11.3 Å². The number of fused-ring (bicyclic) bond motifs is 1. The van der Waals surface area contributed by atoms with Gasteiger partial charge in [-0.3, -0.25) is 15.1 Å². The Morgan fingerprint density at radius 2 is 2.07 bits per heavy atom. The van der Waals surface area contributed by atoms with Crippen LogP contribution in [0.25, 0.3) is 10.2 Å². The molecule has 1 aliphatic rings. The second-order valence-electron chi connectivity index (χ2n) is 6.47. The van der Waals surface area contributed by atoms with Gasteiger partial charge in [0.1, 0.15) is 0 Å². The van der Waals surface area contributed by atoms with Crippen molar-refractivity contribution in [2.45, 2.75) is 0 Å². The highest BCUT2D eigenvalue weighted by atomic mass is 32.1. The first-order valence-corrected chi connectivity index (χ1v) is 9.58. The third-order valence-electron chi connectivity index (χ3n) is 4.54. The molecule has 1 aliphatic heterocycles. The number of hydrogen-bond donors (Lipinski definition) is 4. The number of para-hydroxylation sites is 1. The first-order valence-electron chi connectivity index (χ1n) is 8.76. The van der Waals surface area contributed by atoms with Gasteiger partial charge in [-0.1, -0.05) is 18.2 Å². The summed E-state index contributed by atoms with van der Waals surface area (Å²) in [7, 11) is 0. The summed E-state index contributed by atoms with van der Waals surface area (Å²) < 4.78 is 6.29. The fraction of sp³-hybridized carbons (Fsp3) is 0.263. The zero-order valence-corrected chi connectivity index (χ0v) is 15.6. The quantitative estimate of drug-likeness (QED) is 0.401.